The summed E-state index contributed by atoms with van der Waals surface area (Å²) in [5.74, 6) is 0.915. The third kappa shape index (κ3) is 3.59. The number of morpholine rings is 1. The van der Waals surface area contributed by atoms with E-state index in [-0.39, 0.29) is 23.5 Å². The zero-order valence-electron chi connectivity index (χ0n) is 14.6. The average molecular weight is 363 g/mol. The van der Waals surface area contributed by atoms with Crippen LogP contribution in [0.5, 0.6) is 0 Å². The molecule has 1 aromatic rings. The highest BCUT2D eigenvalue weighted by Gasteiger charge is 2.52. The predicted octanol–water partition coefficient (Wildman–Crippen LogP) is 0.728. The molecule has 0 radical (unpaired) electrons. The minimum Gasteiger partial charge on any atom is -0.368 e. The van der Waals surface area contributed by atoms with E-state index < -0.39 is 0 Å². The van der Waals surface area contributed by atoms with Gasteiger partial charge in [-0.15, -0.1) is 11.3 Å². The second kappa shape index (κ2) is 6.70. The largest absolute Gasteiger partial charge is 0.368 e. The molecule has 6 nitrogen and oxygen atoms in total. The van der Waals surface area contributed by atoms with Gasteiger partial charge in [-0.2, -0.15) is 0 Å². The van der Waals surface area contributed by atoms with E-state index in [2.05, 4.69) is 10.2 Å². The Labute approximate surface area is 152 Å². The van der Waals surface area contributed by atoms with Gasteiger partial charge in [-0.1, -0.05) is 6.07 Å². The van der Waals surface area contributed by atoms with Crippen LogP contribution in [0.2, 0.25) is 0 Å². The fourth-order valence-corrected chi connectivity index (χ4v) is 4.51. The summed E-state index contributed by atoms with van der Waals surface area (Å²) in [5.41, 5.74) is -0.287. The first-order valence-electron chi connectivity index (χ1n) is 8.98. The van der Waals surface area contributed by atoms with Gasteiger partial charge >= 0.3 is 0 Å². The fraction of sp³-hybridized carbons (Fsp3) is 0.667. The van der Waals surface area contributed by atoms with Crippen molar-refractivity contribution in [2.75, 3.05) is 39.8 Å². The molecule has 2 saturated heterocycles. The summed E-state index contributed by atoms with van der Waals surface area (Å²) >= 11 is 1.62. The minimum absolute atomic E-state index is 0.0282. The summed E-state index contributed by atoms with van der Waals surface area (Å²) in [4.78, 5) is 29.8. The highest BCUT2D eigenvalue weighted by Crippen LogP contribution is 2.36. The Hall–Kier alpha value is -1.44. The van der Waals surface area contributed by atoms with Crippen molar-refractivity contribution in [3.05, 3.63) is 22.4 Å². The van der Waals surface area contributed by atoms with Crippen LogP contribution in [-0.4, -0.2) is 73.1 Å². The Balaban J connectivity index is 1.35. The van der Waals surface area contributed by atoms with Gasteiger partial charge in [0.1, 0.15) is 11.6 Å². The lowest BCUT2D eigenvalue weighted by Gasteiger charge is -2.55. The molecule has 1 atom stereocenters. The second-order valence-electron chi connectivity index (χ2n) is 7.50. The lowest BCUT2D eigenvalue weighted by molar-refractivity contribution is -0.204. The van der Waals surface area contributed by atoms with Crippen molar-refractivity contribution in [3.8, 4) is 0 Å². The van der Waals surface area contributed by atoms with Crippen LogP contribution in [0.15, 0.2) is 17.5 Å². The molecule has 4 rings (SSSR count). The lowest BCUT2D eigenvalue weighted by atomic mass is 9.89. The number of nitrogens with zero attached hydrogens (tertiary/aromatic N) is 2. The van der Waals surface area contributed by atoms with Gasteiger partial charge in [0.05, 0.1) is 26.1 Å². The maximum atomic E-state index is 12.4. The number of carbonyl (C=O) groups excluding carboxylic acids is 2. The number of likely N-dealkylation sites (tertiary alicyclic amines) is 1. The zero-order chi connectivity index (χ0) is 17.4. The van der Waals surface area contributed by atoms with Crippen LogP contribution in [0.1, 0.15) is 17.7 Å². The number of nitrogens with one attached hydrogen (secondary N) is 1. The molecule has 136 valence electrons. The summed E-state index contributed by atoms with van der Waals surface area (Å²) in [6, 6.07) is 3.77. The molecule has 2 aliphatic heterocycles. The molecule has 25 heavy (non-hydrogen) atoms. The summed E-state index contributed by atoms with van der Waals surface area (Å²) < 4.78 is 6.09. The number of hydrogen-bond acceptors (Lipinski definition) is 5. The van der Waals surface area contributed by atoms with Gasteiger partial charge < -0.3 is 15.0 Å². The third-order valence-electron chi connectivity index (χ3n) is 5.43. The zero-order valence-corrected chi connectivity index (χ0v) is 15.4. The molecule has 1 aliphatic carbocycles. The molecule has 3 heterocycles. The Morgan fingerprint density at radius 3 is 2.80 bits per heavy atom. The van der Waals surface area contributed by atoms with E-state index in [1.54, 1.807) is 18.4 Å². The molecule has 3 fully saturated rings. The van der Waals surface area contributed by atoms with Crippen LogP contribution in [0.3, 0.4) is 0 Å². The molecule has 0 aromatic carbocycles. The van der Waals surface area contributed by atoms with E-state index in [4.69, 9.17) is 4.74 Å². The van der Waals surface area contributed by atoms with Crippen molar-refractivity contribution in [1.82, 2.24) is 15.1 Å². The number of hydrogen-bond donors (Lipinski definition) is 1. The van der Waals surface area contributed by atoms with Gasteiger partial charge in [-0.25, -0.2) is 0 Å². The van der Waals surface area contributed by atoms with Crippen molar-refractivity contribution in [1.29, 1.82) is 0 Å². The Bertz CT molecular complexity index is 638. The Morgan fingerprint density at radius 2 is 2.16 bits per heavy atom. The molecule has 0 bridgehead atoms. The van der Waals surface area contributed by atoms with Gasteiger partial charge in [0.2, 0.25) is 11.8 Å². The van der Waals surface area contributed by atoms with Crippen molar-refractivity contribution >= 4 is 23.2 Å². The van der Waals surface area contributed by atoms with E-state index in [9.17, 15) is 9.59 Å². The van der Waals surface area contributed by atoms with Crippen molar-refractivity contribution < 1.29 is 14.3 Å². The highest BCUT2D eigenvalue weighted by atomic mass is 32.1. The van der Waals surface area contributed by atoms with E-state index in [1.165, 1.54) is 12.8 Å². The second-order valence-corrected chi connectivity index (χ2v) is 8.54. The predicted molar refractivity (Wildman–Crippen MR) is 95.4 cm³/mol. The van der Waals surface area contributed by atoms with Crippen molar-refractivity contribution in [3.63, 3.8) is 0 Å². The average Bonchev–Trinajstić information content (AvgIpc) is 3.24. The van der Waals surface area contributed by atoms with E-state index in [0.717, 1.165) is 23.9 Å². The van der Waals surface area contributed by atoms with Gasteiger partial charge in [-0.05, 0) is 30.2 Å². The standard InChI is InChI=1S/C18H25N3O3S/c1-19-17(23)15-9-24-18(10-20(15)8-13-4-5-13)11-21(12-18)16(22)7-14-3-2-6-25-14/h2-3,6,13,15H,4-5,7-12H2,1H3,(H,19,23)/t15-/m1/s1. The third-order valence-corrected chi connectivity index (χ3v) is 6.31. The first-order chi connectivity index (χ1) is 12.1. The van der Waals surface area contributed by atoms with E-state index in [0.29, 0.717) is 26.1 Å². The van der Waals surface area contributed by atoms with Gasteiger partial charge in [0.25, 0.3) is 0 Å². The quantitative estimate of drug-likeness (QED) is 0.838. The molecule has 1 saturated carbocycles. The SMILES string of the molecule is CNC(=O)[C@H]1COC2(CN(C(=O)Cc3cccs3)C2)CN1CC1CC1. The molecule has 1 spiro atoms. The lowest BCUT2D eigenvalue weighted by Crippen LogP contribution is -2.73. The van der Waals surface area contributed by atoms with Crippen LogP contribution in [0.25, 0.3) is 0 Å². The summed E-state index contributed by atoms with van der Waals surface area (Å²) in [5, 5.41) is 4.75. The number of likely N-dealkylation sites (N-methyl/N-ethyl adjacent to an activating group) is 1. The number of carbonyl (C=O) groups is 2. The van der Waals surface area contributed by atoms with Crippen LogP contribution in [-0.2, 0) is 20.7 Å². The first kappa shape index (κ1) is 17.0. The summed E-state index contributed by atoms with van der Waals surface area (Å²) in [7, 11) is 1.68. The molecule has 7 heteroatoms. The van der Waals surface area contributed by atoms with Crippen LogP contribution in [0.4, 0.5) is 0 Å². The molecule has 3 aliphatic rings. The number of ether oxygens (including phenoxy) is 1. The maximum absolute atomic E-state index is 12.4. The summed E-state index contributed by atoms with van der Waals surface area (Å²) in [6.07, 6.45) is 2.99. The monoisotopic (exact) mass is 363 g/mol. The van der Waals surface area contributed by atoms with Gasteiger partial charge in [0, 0.05) is 25.0 Å². The molecule has 2 amide bonds. The minimum atomic E-state index is -0.287. The molecule has 1 aromatic heterocycles. The first-order valence-corrected chi connectivity index (χ1v) is 9.86. The molecular weight excluding hydrogens is 338 g/mol. The van der Waals surface area contributed by atoms with Crippen LogP contribution < -0.4 is 5.32 Å². The maximum Gasteiger partial charge on any atom is 0.239 e. The fourth-order valence-electron chi connectivity index (χ4n) is 3.81. The topological polar surface area (TPSA) is 61.9 Å². The van der Waals surface area contributed by atoms with Gasteiger partial charge in [0.15, 0.2) is 0 Å². The van der Waals surface area contributed by atoms with Crippen LogP contribution >= 0.6 is 11.3 Å². The highest BCUT2D eigenvalue weighted by molar-refractivity contribution is 7.10. The Morgan fingerprint density at radius 1 is 1.36 bits per heavy atom. The van der Waals surface area contributed by atoms with Crippen molar-refractivity contribution in [2.45, 2.75) is 30.9 Å². The molecule has 0 unspecified atom stereocenters. The number of amides is 2. The summed E-state index contributed by atoms with van der Waals surface area (Å²) in [6.45, 7) is 3.40. The van der Waals surface area contributed by atoms with Crippen LogP contribution in [0, 0.1) is 5.92 Å². The van der Waals surface area contributed by atoms with Gasteiger partial charge in [-0.3, -0.25) is 14.5 Å². The smallest absolute Gasteiger partial charge is 0.239 e. The van der Waals surface area contributed by atoms with E-state index >= 15 is 0 Å². The molecule has 1 N–H and O–H groups in total. The van der Waals surface area contributed by atoms with E-state index in [1.807, 2.05) is 22.4 Å². The Kier molecular flexibility index (Phi) is 4.56. The number of rotatable bonds is 5. The number of thiophene rings is 1. The van der Waals surface area contributed by atoms with Crippen molar-refractivity contribution in [2.24, 2.45) is 5.92 Å². The molecular formula is C18H25N3O3S. The normalized spacial score (nSPS) is 25.6.